The van der Waals surface area contributed by atoms with E-state index in [1.54, 1.807) is 37.1 Å². The Balaban J connectivity index is 1.98. The number of ether oxygens (including phenoxy) is 1. The predicted molar refractivity (Wildman–Crippen MR) is 112 cm³/mol. The van der Waals surface area contributed by atoms with Crippen LogP contribution in [-0.4, -0.2) is 33.7 Å². The number of rotatable bonds is 7. The van der Waals surface area contributed by atoms with Gasteiger partial charge in [0.05, 0.1) is 19.1 Å². The molecule has 0 radical (unpaired) electrons. The van der Waals surface area contributed by atoms with Gasteiger partial charge in [-0.3, -0.25) is 9.52 Å². The number of anilines is 2. The maximum absolute atomic E-state index is 13.4. The molecule has 1 N–H and O–H groups in total. The summed E-state index contributed by atoms with van der Waals surface area (Å²) in [4.78, 5) is 15.2. The molecule has 0 aliphatic heterocycles. The first-order valence-electron chi connectivity index (χ1n) is 9.25. The maximum Gasteiger partial charge on any atom is 0.258 e. The van der Waals surface area contributed by atoms with Gasteiger partial charge in [0.15, 0.2) is 0 Å². The van der Waals surface area contributed by atoms with Crippen LogP contribution in [0.2, 0.25) is 0 Å². The van der Waals surface area contributed by atoms with Gasteiger partial charge >= 0.3 is 0 Å². The van der Waals surface area contributed by atoms with E-state index in [1.165, 1.54) is 0 Å². The molecule has 1 fully saturated rings. The Morgan fingerprint density at radius 3 is 2.36 bits per heavy atom. The molecule has 3 rings (SSSR count). The average molecular weight is 403 g/mol. The summed E-state index contributed by atoms with van der Waals surface area (Å²) in [7, 11) is -1.83. The smallest absolute Gasteiger partial charge is 0.258 e. The van der Waals surface area contributed by atoms with E-state index in [0.29, 0.717) is 17.2 Å². The normalized spacial score (nSPS) is 15.0. The van der Waals surface area contributed by atoms with Crippen molar-refractivity contribution in [1.29, 1.82) is 0 Å². The zero-order chi connectivity index (χ0) is 20.5. The summed E-state index contributed by atoms with van der Waals surface area (Å²) in [6.45, 7) is 3.86. The molecule has 0 spiro atoms. The van der Waals surface area contributed by atoms with E-state index in [0.717, 1.165) is 36.1 Å². The third kappa shape index (κ3) is 4.65. The van der Waals surface area contributed by atoms with Crippen molar-refractivity contribution in [1.82, 2.24) is 0 Å². The van der Waals surface area contributed by atoms with E-state index in [1.807, 2.05) is 24.3 Å². The highest BCUT2D eigenvalue weighted by atomic mass is 32.2. The summed E-state index contributed by atoms with van der Waals surface area (Å²) in [6, 6.07) is 12.6. The first-order chi connectivity index (χ1) is 13.2. The van der Waals surface area contributed by atoms with E-state index >= 15 is 0 Å². The van der Waals surface area contributed by atoms with Gasteiger partial charge in [0.2, 0.25) is 10.0 Å². The van der Waals surface area contributed by atoms with E-state index in [-0.39, 0.29) is 11.9 Å². The van der Waals surface area contributed by atoms with Crippen LogP contribution in [0.3, 0.4) is 0 Å². The number of nitrogens with zero attached hydrogens (tertiary/aromatic N) is 1. The number of nitrogens with one attached hydrogen (secondary N) is 1. The molecule has 1 saturated carbocycles. The molecule has 0 aromatic heterocycles. The zero-order valence-electron chi connectivity index (χ0n) is 16.6. The van der Waals surface area contributed by atoms with E-state index < -0.39 is 10.0 Å². The molecular weight excluding hydrogens is 376 g/mol. The number of hydrogen-bond acceptors (Lipinski definition) is 4. The van der Waals surface area contributed by atoms with Crippen LogP contribution in [0.4, 0.5) is 11.4 Å². The fourth-order valence-corrected chi connectivity index (χ4v) is 3.89. The highest BCUT2D eigenvalue weighted by Gasteiger charge is 2.35. The van der Waals surface area contributed by atoms with Gasteiger partial charge in [0.25, 0.3) is 5.91 Å². The van der Waals surface area contributed by atoms with E-state index in [9.17, 15) is 13.2 Å². The quantitative estimate of drug-likeness (QED) is 0.764. The summed E-state index contributed by atoms with van der Waals surface area (Å²) < 4.78 is 31.0. The van der Waals surface area contributed by atoms with Gasteiger partial charge in [-0.25, -0.2) is 8.42 Å². The second-order valence-electron chi connectivity index (χ2n) is 7.36. The Kier molecular flexibility index (Phi) is 5.65. The van der Waals surface area contributed by atoms with Crippen molar-refractivity contribution in [3.8, 4) is 5.75 Å². The Morgan fingerprint density at radius 2 is 1.82 bits per heavy atom. The number of carbonyl (C=O) groups excluding carboxylic acids is 1. The Labute approximate surface area is 166 Å². The monoisotopic (exact) mass is 402 g/mol. The number of amides is 1. The molecule has 28 heavy (non-hydrogen) atoms. The second kappa shape index (κ2) is 7.83. The largest absolute Gasteiger partial charge is 0.497 e. The summed E-state index contributed by atoms with van der Waals surface area (Å²) >= 11 is 0. The average Bonchev–Trinajstić information content (AvgIpc) is 3.48. The molecule has 0 bridgehead atoms. The van der Waals surface area contributed by atoms with Gasteiger partial charge in [0.1, 0.15) is 5.75 Å². The Bertz CT molecular complexity index is 966. The van der Waals surface area contributed by atoms with Gasteiger partial charge in [-0.2, -0.15) is 0 Å². The number of hydrogen-bond donors (Lipinski definition) is 1. The first-order valence-corrected chi connectivity index (χ1v) is 11.1. The van der Waals surface area contributed by atoms with Gasteiger partial charge in [-0.15, -0.1) is 0 Å². The third-order valence-corrected chi connectivity index (χ3v) is 5.65. The molecule has 6 nitrogen and oxygen atoms in total. The minimum absolute atomic E-state index is 0.0496. The van der Waals surface area contributed by atoms with Gasteiger partial charge in [-0.1, -0.05) is 6.07 Å². The van der Waals surface area contributed by atoms with Crippen molar-refractivity contribution in [2.75, 3.05) is 23.0 Å². The van der Waals surface area contributed by atoms with Gasteiger partial charge < -0.3 is 9.64 Å². The first kappa shape index (κ1) is 20.2. The maximum atomic E-state index is 13.4. The summed E-state index contributed by atoms with van der Waals surface area (Å²) in [5.41, 5.74) is 2.42. The molecule has 7 heteroatoms. The van der Waals surface area contributed by atoms with Crippen molar-refractivity contribution in [3.63, 3.8) is 0 Å². The minimum Gasteiger partial charge on any atom is -0.497 e. The van der Waals surface area contributed by atoms with E-state index in [2.05, 4.69) is 11.6 Å². The molecule has 1 aliphatic rings. The molecular formula is C21H26N2O4S. The lowest BCUT2D eigenvalue weighted by Crippen LogP contribution is -2.40. The standard InChI is InChI=1S/C21H26N2O4S/c1-14-5-6-17(13-20(14)22-28(4,25)26)21(24)23(15(2)16-7-8-16)18-9-11-19(27-3)12-10-18/h5-6,9-13,15-16,22H,7-8H2,1-4H3. The summed E-state index contributed by atoms with van der Waals surface area (Å²) in [5, 5.41) is 0. The minimum atomic E-state index is -3.43. The molecule has 1 aliphatic carbocycles. The van der Waals surface area contributed by atoms with E-state index in [4.69, 9.17) is 4.74 Å². The number of carbonyl (C=O) groups is 1. The van der Waals surface area contributed by atoms with Crippen LogP contribution in [0, 0.1) is 12.8 Å². The number of benzene rings is 2. The number of methoxy groups -OCH3 is 1. The lowest BCUT2D eigenvalue weighted by atomic mass is 10.1. The van der Waals surface area contributed by atoms with Crippen LogP contribution < -0.4 is 14.4 Å². The van der Waals surface area contributed by atoms with Crippen molar-refractivity contribution in [2.45, 2.75) is 32.7 Å². The van der Waals surface area contributed by atoms with Gasteiger partial charge in [-0.05, 0) is 74.6 Å². The summed E-state index contributed by atoms with van der Waals surface area (Å²) in [5.74, 6) is 1.05. The van der Waals surface area contributed by atoms with Crippen molar-refractivity contribution in [2.24, 2.45) is 5.92 Å². The van der Waals surface area contributed by atoms with Crippen LogP contribution in [-0.2, 0) is 10.0 Å². The zero-order valence-corrected chi connectivity index (χ0v) is 17.4. The van der Waals surface area contributed by atoms with Crippen LogP contribution in [0.5, 0.6) is 5.75 Å². The van der Waals surface area contributed by atoms with Crippen molar-refractivity contribution >= 4 is 27.3 Å². The molecule has 1 unspecified atom stereocenters. The van der Waals surface area contributed by atoms with Crippen molar-refractivity contribution in [3.05, 3.63) is 53.6 Å². The predicted octanol–water partition coefficient (Wildman–Crippen LogP) is 3.82. The number of aryl methyl sites for hydroxylation is 1. The fourth-order valence-electron chi connectivity index (χ4n) is 3.27. The van der Waals surface area contributed by atoms with Crippen LogP contribution in [0.15, 0.2) is 42.5 Å². The number of sulfonamides is 1. The fraction of sp³-hybridized carbons (Fsp3) is 0.381. The lowest BCUT2D eigenvalue weighted by molar-refractivity contribution is 0.0975. The molecule has 2 aromatic carbocycles. The molecule has 150 valence electrons. The molecule has 0 saturated heterocycles. The van der Waals surface area contributed by atoms with Crippen LogP contribution in [0.1, 0.15) is 35.7 Å². The van der Waals surface area contributed by atoms with Crippen LogP contribution in [0.25, 0.3) is 0 Å². The third-order valence-electron chi connectivity index (χ3n) is 5.06. The Morgan fingerprint density at radius 1 is 1.18 bits per heavy atom. The molecule has 1 amide bonds. The lowest BCUT2D eigenvalue weighted by Gasteiger charge is -2.30. The highest BCUT2D eigenvalue weighted by Crippen LogP contribution is 2.38. The summed E-state index contributed by atoms with van der Waals surface area (Å²) in [6.07, 6.45) is 3.31. The second-order valence-corrected chi connectivity index (χ2v) is 9.10. The van der Waals surface area contributed by atoms with Crippen LogP contribution >= 0.6 is 0 Å². The molecule has 1 atom stereocenters. The molecule has 2 aromatic rings. The highest BCUT2D eigenvalue weighted by molar-refractivity contribution is 7.92. The topological polar surface area (TPSA) is 75.7 Å². The SMILES string of the molecule is COc1ccc(N(C(=O)c2ccc(C)c(NS(C)(=O)=O)c2)C(C)C2CC2)cc1. The Hall–Kier alpha value is -2.54. The van der Waals surface area contributed by atoms with Crippen molar-refractivity contribution < 1.29 is 17.9 Å². The van der Waals surface area contributed by atoms with Gasteiger partial charge in [0, 0.05) is 17.3 Å². The molecule has 0 heterocycles.